The summed E-state index contributed by atoms with van der Waals surface area (Å²) in [5.41, 5.74) is 5.23. The van der Waals surface area contributed by atoms with Gasteiger partial charge in [0.25, 0.3) is 0 Å². The lowest BCUT2D eigenvalue weighted by atomic mass is 10.1. The number of para-hydroxylation sites is 1. The van der Waals surface area contributed by atoms with E-state index in [1.807, 2.05) is 39.0 Å². The third-order valence-corrected chi connectivity index (χ3v) is 3.87. The number of nitrogens with zero attached hydrogens (tertiary/aromatic N) is 1. The average Bonchev–Trinajstić information content (AvgIpc) is 2.31. The molecular weight excluding hydrogens is 286 g/mol. The van der Waals surface area contributed by atoms with Crippen molar-refractivity contribution in [2.75, 3.05) is 16.9 Å². The number of amides is 1. The third-order valence-electron chi connectivity index (χ3n) is 3.10. The highest BCUT2D eigenvalue weighted by Gasteiger charge is 2.26. The number of aryl methyl sites for hydroxylation is 2. The van der Waals surface area contributed by atoms with E-state index in [2.05, 4.69) is 12.3 Å². The third kappa shape index (κ3) is 4.59. The summed E-state index contributed by atoms with van der Waals surface area (Å²) in [6.45, 7) is 9.12. The van der Waals surface area contributed by atoms with Crippen molar-refractivity contribution in [1.82, 2.24) is 0 Å². The van der Waals surface area contributed by atoms with Crippen LogP contribution in [0.1, 0.15) is 18.1 Å². The van der Waals surface area contributed by atoms with Crippen molar-refractivity contribution in [3.63, 3.8) is 0 Å². The second-order valence-corrected chi connectivity index (χ2v) is 7.33. The number of rotatable bonds is 5. The van der Waals surface area contributed by atoms with Gasteiger partial charge in [0.05, 0.1) is 11.7 Å². The SMILES string of the molecule is C=C=CC(C)N(C(=O)CS(C)(=O)=O)c1c(C)cccc1C. The molecule has 5 heteroatoms. The number of benzene rings is 1. The Bertz CT molecular complexity index is 665. The molecule has 1 aromatic carbocycles. The van der Waals surface area contributed by atoms with Crippen LogP contribution in [0.4, 0.5) is 5.69 Å². The summed E-state index contributed by atoms with van der Waals surface area (Å²) in [4.78, 5) is 14.0. The minimum Gasteiger partial charge on any atom is -0.304 e. The fourth-order valence-corrected chi connectivity index (χ4v) is 2.87. The van der Waals surface area contributed by atoms with Gasteiger partial charge in [-0.1, -0.05) is 24.8 Å². The Labute approximate surface area is 126 Å². The minimum absolute atomic E-state index is 0.323. The second kappa shape index (κ2) is 6.74. The van der Waals surface area contributed by atoms with Gasteiger partial charge >= 0.3 is 0 Å². The highest BCUT2D eigenvalue weighted by molar-refractivity contribution is 7.91. The summed E-state index contributed by atoms with van der Waals surface area (Å²) in [5, 5.41) is 0. The number of hydrogen-bond donors (Lipinski definition) is 0. The van der Waals surface area contributed by atoms with Crippen LogP contribution in [-0.2, 0) is 14.6 Å². The van der Waals surface area contributed by atoms with Crippen LogP contribution in [0.15, 0.2) is 36.6 Å². The Balaban J connectivity index is 3.39. The summed E-state index contributed by atoms with van der Waals surface area (Å²) in [7, 11) is -3.39. The molecule has 0 N–H and O–H groups in total. The number of sulfone groups is 1. The number of anilines is 1. The van der Waals surface area contributed by atoms with Gasteiger partial charge in [-0.15, -0.1) is 5.73 Å². The van der Waals surface area contributed by atoms with Gasteiger partial charge < -0.3 is 4.90 Å². The van der Waals surface area contributed by atoms with Crippen LogP contribution in [0.5, 0.6) is 0 Å². The lowest BCUT2D eigenvalue weighted by Gasteiger charge is -2.30. The Morgan fingerprint density at radius 1 is 1.38 bits per heavy atom. The Morgan fingerprint density at radius 3 is 2.33 bits per heavy atom. The van der Waals surface area contributed by atoms with Crippen LogP contribution >= 0.6 is 0 Å². The van der Waals surface area contributed by atoms with E-state index in [1.165, 1.54) is 4.90 Å². The van der Waals surface area contributed by atoms with Gasteiger partial charge in [-0.05, 0) is 38.0 Å². The molecule has 0 fully saturated rings. The largest absolute Gasteiger partial charge is 0.304 e. The molecule has 0 aromatic heterocycles. The summed E-state index contributed by atoms with van der Waals surface area (Å²) < 4.78 is 22.9. The molecule has 1 amide bonds. The van der Waals surface area contributed by atoms with E-state index in [0.717, 1.165) is 23.1 Å². The highest BCUT2D eigenvalue weighted by atomic mass is 32.2. The molecule has 0 bridgehead atoms. The maximum Gasteiger partial charge on any atom is 0.242 e. The summed E-state index contributed by atoms with van der Waals surface area (Å²) in [6.07, 6.45) is 2.70. The topological polar surface area (TPSA) is 54.5 Å². The van der Waals surface area contributed by atoms with Gasteiger partial charge in [-0.2, -0.15) is 0 Å². The maximum absolute atomic E-state index is 12.5. The number of carbonyl (C=O) groups is 1. The number of carbonyl (C=O) groups excluding carboxylic acids is 1. The minimum atomic E-state index is -3.39. The zero-order chi connectivity index (χ0) is 16.2. The van der Waals surface area contributed by atoms with Crippen LogP contribution in [0.2, 0.25) is 0 Å². The van der Waals surface area contributed by atoms with Crippen LogP contribution in [-0.4, -0.2) is 32.4 Å². The first-order chi connectivity index (χ1) is 9.67. The van der Waals surface area contributed by atoms with E-state index in [9.17, 15) is 13.2 Å². The van der Waals surface area contributed by atoms with Crippen LogP contribution in [0, 0.1) is 13.8 Å². The van der Waals surface area contributed by atoms with Gasteiger partial charge in [0.1, 0.15) is 5.75 Å². The molecule has 1 rings (SSSR count). The number of hydrogen-bond acceptors (Lipinski definition) is 3. The normalized spacial score (nSPS) is 12.4. The first kappa shape index (κ1) is 17.2. The fourth-order valence-electron chi connectivity index (χ4n) is 2.28. The predicted molar refractivity (Wildman–Crippen MR) is 86.3 cm³/mol. The van der Waals surface area contributed by atoms with Gasteiger partial charge in [0.15, 0.2) is 9.84 Å². The molecule has 0 saturated carbocycles. The van der Waals surface area contributed by atoms with Crippen molar-refractivity contribution in [3.8, 4) is 0 Å². The predicted octanol–water partition coefficient (Wildman–Crippen LogP) is 2.41. The van der Waals surface area contributed by atoms with Gasteiger partial charge in [0, 0.05) is 6.26 Å². The molecule has 21 heavy (non-hydrogen) atoms. The highest BCUT2D eigenvalue weighted by Crippen LogP contribution is 2.27. The smallest absolute Gasteiger partial charge is 0.242 e. The maximum atomic E-state index is 12.5. The zero-order valence-electron chi connectivity index (χ0n) is 12.9. The van der Waals surface area contributed by atoms with E-state index in [4.69, 9.17) is 0 Å². The second-order valence-electron chi connectivity index (χ2n) is 5.19. The summed E-state index contributed by atoms with van der Waals surface area (Å²) in [6, 6.07) is 5.37. The molecule has 0 aliphatic heterocycles. The molecule has 0 saturated heterocycles. The van der Waals surface area contributed by atoms with Gasteiger partial charge in [-0.3, -0.25) is 4.79 Å². The van der Waals surface area contributed by atoms with E-state index in [1.54, 1.807) is 6.08 Å². The fraction of sp³-hybridized carbons (Fsp3) is 0.375. The molecule has 1 aromatic rings. The Hall–Kier alpha value is -1.84. The van der Waals surface area contributed by atoms with E-state index < -0.39 is 21.5 Å². The van der Waals surface area contributed by atoms with Gasteiger partial charge in [-0.25, -0.2) is 8.42 Å². The van der Waals surface area contributed by atoms with Crippen molar-refractivity contribution < 1.29 is 13.2 Å². The molecule has 114 valence electrons. The molecule has 4 nitrogen and oxygen atoms in total. The average molecular weight is 307 g/mol. The molecule has 0 heterocycles. The first-order valence-electron chi connectivity index (χ1n) is 6.59. The van der Waals surface area contributed by atoms with Crippen molar-refractivity contribution in [3.05, 3.63) is 47.7 Å². The lowest BCUT2D eigenvalue weighted by molar-refractivity contribution is -0.116. The van der Waals surface area contributed by atoms with Crippen molar-refractivity contribution in [2.45, 2.75) is 26.8 Å². The van der Waals surface area contributed by atoms with Gasteiger partial charge in [0.2, 0.25) is 5.91 Å². The summed E-state index contributed by atoms with van der Waals surface area (Å²) in [5.74, 6) is -0.968. The molecule has 0 aliphatic rings. The van der Waals surface area contributed by atoms with Crippen molar-refractivity contribution in [1.29, 1.82) is 0 Å². The first-order valence-corrected chi connectivity index (χ1v) is 8.65. The standard InChI is InChI=1S/C16H21NO3S/c1-6-8-14(4)17(15(18)11-21(5,19)20)16-12(2)9-7-10-13(16)3/h7-10,14H,1,11H2,2-5H3. The molecule has 0 spiro atoms. The van der Waals surface area contributed by atoms with E-state index in [0.29, 0.717) is 0 Å². The summed E-state index contributed by atoms with van der Waals surface area (Å²) >= 11 is 0. The lowest BCUT2D eigenvalue weighted by Crippen LogP contribution is -2.41. The monoisotopic (exact) mass is 307 g/mol. The Kier molecular flexibility index (Phi) is 5.53. The molecule has 1 atom stereocenters. The molecule has 1 unspecified atom stereocenters. The van der Waals surface area contributed by atoms with Crippen molar-refractivity contribution in [2.24, 2.45) is 0 Å². The quantitative estimate of drug-likeness (QED) is 0.785. The molecule has 0 radical (unpaired) electrons. The molecule has 0 aliphatic carbocycles. The van der Waals surface area contributed by atoms with Crippen LogP contribution in [0.3, 0.4) is 0 Å². The molecular formula is C16H21NO3S. The van der Waals surface area contributed by atoms with E-state index in [-0.39, 0.29) is 6.04 Å². The van der Waals surface area contributed by atoms with Crippen LogP contribution in [0.25, 0.3) is 0 Å². The van der Waals surface area contributed by atoms with E-state index >= 15 is 0 Å². The van der Waals surface area contributed by atoms with Crippen LogP contribution < -0.4 is 4.90 Å². The van der Waals surface area contributed by atoms with Crippen molar-refractivity contribution >= 4 is 21.4 Å². The Morgan fingerprint density at radius 2 is 1.90 bits per heavy atom. The zero-order valence-corrected chi connectivity index (χ0v) is 13.7.